The first kappa shape index (κ1) is 23.1. The standard InChI is InChI=1S/C21H17F5N4O2S/c22-14-2-1-3-15(23)16(14)18-13(21(24,25)26)8-11(17(30-18)19(27)31)12-9-29-33-20(12)32-10-4-6-28-7-5-10/h1-3,8-10,28H,4-7H2,(H2,27,31). The van der Waals surface area contributed by atoms with E-state index < -0.39 is 46.2 Å². The predicted octanol–water partition coefficient (Wildman–Crippen LogP) is 4.40. The van der Waals surface area contributed by atoms with Gasteiger partial charge in [0.2, 0.25) is 5.06 Å². The summed E-state index contributed by atoms with van der Waals surface area (Å²) in [7, 11) is 0. The van der Waals surface area contributed by atoms with Gasteiger partial charge in [0.15, 0.2) is 0 Å². The van der Waals surface area contributed by atoms with E-state index in [4.69, 9.17) is 10.5 Å². The molecule has 3 N–H and O–H groups in total. The summed E-state index contributed by atoms with van der Waals surface area (Å²) in [5, 5.41) is 3.37. The molecule has 3 heterocycles. The van der Waals surface area contributed by atoms with Gasteiger partial charge in [-0.15, -0.1) is 0 Å². The smallest absolute Gasteiger partial charge is 0.418 e. The van der Waals surface area contributed by atoms with E-state index >= 15 is 0 Å². The molecule has 0 unspecified atom stereocenters. The fraction of sp³-hybridized carbons (Fsp3) is 0.286. The lowest BCUT2D eigenvalue weighted by atomic mass is 9.98. The molecule has 0 radical (unpaired) electrons. The first-order chi connectivity index (χ1) is 15.7. The average Bonchev–Trinajstić information content (AvgIpc) is 3.21. The third-order valence-electron chi connectivity index (χ3n) is 5.15. The van der Waals surface area contributed by atoms with Gasteiger partial charge in [-0.2, -0.15) is 17.5 Å². The molecule has 4 rings (SSSR count). The number of rotatable bonds is 5. The van der Waals surface area contributed by atoms with Crippen molar-refractivity contribution in [2.45, 2.75) is 25.1 Å². The molecule has 2 aromatic heterocycles. The lowest BCUT2D eigenvalue weighted by Gasteiger charge is -2.23. The number of benzene rings is 1. The van der Waals surface area contributed by atoms with Crippen molar-refractivity contribution in [2.75, 3.05) is 13.1 Å². The van der Waals surface area contributed by atoms with Gasteiger partial charge < -0.3 is 15.8 Å². The second kappa shape index (κ2) is 9.02. The van der Waals surface area contributed by atoms with Gasteiger partial charge in [-0.25, -0.2) is 13.8 Å². The third kappa shape index (κ3) is 4.67. The van der Waals surface area contributed by atoms with Crippen molar-refractivity contribution in [3.63, 3.8) is 0 Å². The Morgan fingerprint density at radius 2 is 1.82 bits per heavy atom. The Balaban J connectivity index is 1.91. The SMILES string of the molecule is NC(=O)c1nc(-c2c(F)cccc2F)c(C(F)(F)F)cc1-c1cnsc1OC1CCNCC1. The lowest BCUT2D eigenvalue weighted by Crippen LogP contribution is -2.34. The molecule has 12 heteroatoms. The van der Waals surface area contributed by atoms with Gasteiger partial charge >= 0.3 is 6.18 Å². The van der Waals surface area contributed by atoms with Crippen LogP contribution >= 0.6 is 11.5 Å². The topological polar surface area (TPSA) is 90.1 Å². The van der Waals surface area contributed by atoms with E-state index in [0.29, 0.717) is 32.0 Å². The van der Waals surface area contributed by atoms with Crippen molar-refractivity contribution in [3.05, 3.63) is 53.4 Å². The first-order valence-electron chi connectivity index (χ1n) is 9.85. The second-order valence-corrected chi connectivity index (χ2v) is 8.10. The van der Waals surface area contributed by atoms with E-state index in [1.54, 1.807) is 0 Å². The number of ether oxygens (including phenoxy) is 1. The van der Waals surface area contributed by atoms with Gasteiger partial charge in [-0.05, 0) is 44.1 Å². The summed E-state index contributed by atoms with van der Waals surface area (Å²) in [5.41, 5.74) is 1.12. The fourth-order valence-electron chi connectivity index (χ4n) is 3.60. The molecule has 1 aromatic carbocycles. The molecule has 0 atom stereocenters. The van der Waals surface area contributed by atoms with Crippen LogP contribution in [0.3, 0.4) is 0 Å². The van der Waals surface area contributed by atoms with Crippen LogP contribution in [0.5, 0.6) is 5.06 Å². The molecule has 1 aliphatic heterocycles. The van der Waals surface area contributed by atoms with Crippen molar-refractivity contribution in [1.82, 2.24) is 14.7 Å². The maximum Gasteiger partial charge on any atom is 0.418 e. The molecular weight excluding hydrogens is 467 g/mol. The van der Waals surface area contributed by atoms with Crippen LogP contribution in [0.2, 0.25) is 0 Å². The van der Waals surface area contributed by atoms with Gasteiger partial charge in [0.25, 0.3) is 5.91 Å². The highest BCUT2D eigenvalue weighted by Gasteiger charge is 2.38. The minimum absolute atomic E-state index is 0.0888. The van der Waals surface area contributed by atoms with E-state index in [1.165, 1.54) is 6.20 Å². The number of piperidine rings is 1. The Kier molecular flexibility index (Phi) is 6.30. The Morgan fingerprint density at radius 1 is 1.15 bits per heavy atom. The molecule has 3 aromatic rings. The lowest BCUT2D eigenvalue weighted by molar-refractivity contribution is -0.137. The van der Waals surface area contributed by atoms with E-state index in [9.17, 15) is 26.7 Å². The van der Waals surface area contributed by atoms with Crippen molar-refractivity contribution >= 4 is 17.4 Å². The number of pyridine rings is 1. The van der Waals surface area contributed by atoms with Crippen LogP contribution in [0, 0.1) is 11.6 Å². The van der Waals surface area contributed by atoms with E-state index in [0.717, 1.165) is 29.7 Å². The van der Waals surface area contributed by atoms with E-state index in [1.807, 2.05) is 0 Å². The number of hydrogen-bond donors (Lipinski definition) is 2. The van der Waals surface area contributed by atoms with Crippen molar-refractivity contribution < 1.29 is 31.5 Å². The van der Waals surface area contributed by atoms with Crippen LogP contribution in [-0.2, 0) is 6.18 Å². The summed E-state index contributed by atoms with van der Waals surface area (Å²) < 4.78 is 80.5. The summed E-state index contributed by atoms with van der Waals surface area (Å²) >= 11 is 0.904. The molecule has 0 bridgehead atoms. The summed E-state index contributed by atoms with van der Waals surface area (Å²) in [4.78, 5) is 15.9. The molecule has 0 saturated carbocycles. The molecule has 33 heavy (non-hydrogen) atoms. The Bertz CT molecular complexity index is 1170. The van der Waals surface area contributed by atoms with Crippen molar-refractivity contribution in [1.29, 1.82) is 0 Å². The number of carbonyl (C=O) groups excluding carboxylic acids is 1. The quantitative estimate of drug-likeness (QED) is 0.524. The first-order valence-corrected chi connectivity index (χ1v) is 10.6. The average molecular weight is 484 g/mol. The van der Waals surface area contributed by atoms with Crippen LogP contribution in [-0.4, -0.2) is 34.5 Å². The summed E-state index contributed by atoms with van der Waals surface area (Å²) in [5.74, 6) is -3.69. The van der Waals surface area contributed by atoms with Crippen molar-refractivity contribution in [2.24, 2.45) is 5.73 Å². The zero-order valence-electron chi connectivity index (χ0n) is 16.9. The van der Waals surface area contributed by atoms with Crippen LogP contribution in [0.25, 0.3) is 22.4 Å². The number of nitrogens with zero attached hydrogens (tertiary/aromatic N) is 2. The Labute approximate surface area is 188 Å². The Hall–Kier alpha value is -3.12. The van der Waals surface area contributed by atoms with Crippen molar-refractivity contribution in [3.8, 4) is 27.4 Å². The number of alkyl halides is 3. The number of amides is 1. The van der Waals surface area contributed by atoms with E-state index in [-0.39, 0.29) is 22.3 Å². The number of nitrogens with two attached hydrogens (primary N) is 1. The predicted molar refractivity (Wildman–Crippen MR) is 111 cm³/mol. The molecule has 0 aliphatic carbocycles. The zero-order valence-corrected chi connectivity index (χ0v) is 17.7. The Morgan fingerprint density at radius 3 is 2.42 bits per heavy atom. The number of hydrogen-bond acceptors (Lipinski definition) is 6. The third-order valence-corrected chi connectivity index (χ3v) is 5.84. The normalized spacial score (nSPS) is 14.9. The zero-order chi connectivity index (χ0) is 23.8. The highest BCUT2D eigenvalue weighted by Crippen LogP contribution is 2.43. The minimum atomic E-state index is -5.04. The molecule has 1 fully saturated rings. The maximum absolute atomic E-state index is 14.3. The molecule has 1 amide bonds. The second-order valence-electron chi connectivity index (χ2n) is 7.33. The minimum Gasteiger partial charge on any atom is -0.479 e. The highest BCUT2D eigenvalue weighted by atomic mass is 32.1. The fourth-order valence-corrected chi connectivity index (χ4v) is 4.29. The van der Waals surface area contributed by atoms with E-state index in [2.05, 4.69) is 14.7 Å². The monoisotopic (exact) mass is 484 g/mol. The number of primary amides is 1. The molecular formula is C21H17F5N4O2S. The maximum atomic E-state index is 14.3. The molecule has 6 nitrogen and oxygen atoms in total. The number of nitrogens with one attached hydrogen (secondary N) is 1. The summed E-state index contributed by atoms with van der Waals surface area (Å²) in [6.45, 7) is 1.43. The molecule has 174 valence electrons. The largest absolute Gasteiger partial charge is 0.479 e. The van der Waals surface area contributed by atoms with Crippen LogP contribution in [0.4, 0.5) is 22.0 Å². The van der Waals surface area contributed by atoms with Gasteiger partial charge in [0.05, 0.1) is 28.6 Å². The number of halogens is 5. The molecule has 0 spiro atoms. The van der Waals surface area contributed by atoms with Gasteiger partial charge in [-0.1, -0.05) is 6.07 Å². The molecule has 1 saturated heterocycles. The number of carbonyl (C=O) groups is 1. The van der Waals surface area contributed by atoms with Crippen LogP contribution in [0.1, 0.15) is 28.9 Å². The molecule has 1 aliphatic rings. The van der Waals surface area contributed by atoms with Gasteiger partial charge in [0, 0.05) is 17.1 Å². The van der Waals surface area contributed by atoms with Crippen LogP contribution < -0.4 is 15.8 Å². The highest BCUT2D eigenvalue weighted by molar-refractivity contribution is 7.08. The van der Waals surface area contributed by atoms with Gasteiger partial charge in [0.1, 0.15) is 23.4 Å². The summed E-state index contributed by atoms with van der Waals surface area (Å²) in [6, 6.07) is 3.21. The summed E-state index contributed by atoms with van der Waals surface area (Å²) in [6.07, 6.45) is -2.63. The number of aromatic nitrogens is 2. The van der Waals surface area contributed by atoms with Gasteiger partial charge in [-0.3, -0.25) is 4.79 Å². The van der Waals surface area contributed by atoms with Crippen LogP contribution in [0.15, 0.2) is 30.5 Å².